The molecular weight excluding hydrogens is 466 g/mol. The number of anilines is 2. The molecule has 1 N–H and O–H groups in total. The molecule has 35 heavy (non-hydrogen) atoms. The number of hydrogen-bond donors (Lipinski definition) is 1. The van der Waals surface area contributed by atoms with Gasteiger partial charge in [0.1, 0.15) is 11.0 Å². The van der Waals surface area contributed by atoms with Gasteiger partial charge in [-0.25, -0.2) is 19.0 Å². The lowest BCUT2D eigenvalue weighted by atomic mass is 9.87. The molecule has 10 heteroatoms. The largest absolute Gasteiger partial charge is 0.340 e. The molecular formula is C25H26ClN7O2. The van der Waals surface area contributed by atoms with E-state index in [-0.39, 0.29) is 12.8 Å². The van der Waals surface area contributed by atoms with E-state index in [2.05, 4.69) is 58.4 Å². The van der Waals surface area contributed by atoms with Crippen molar-refractivity contribution in [1.82, 2.24) is 29.2 Å². The maximum absolute atomic E-state index is 11.0. The van der Waals surface area contributed by atoms with Crippen LogP contribution < -0.4 is 5.32 Å². The molecule has 0 bridgehead atoms. The van der Waals surface area contributed by atoms with E-state index in [1.807, 2.05) is 18.2 Å². The Bertz CT molecular complexity index is 1480. The molecule has 4 heterocycles. The first-order valence-corrected chi connectivity index (χ1v) is 10.8. The summed E-state index contributed by atoms with van der Waals surface area (Å²) < 4.78 is 3.08. The zero-order valence-corrected chi connectivity index (χ0v) is 19.6. The summed E-state index contributed by atoms with van der Waals surface area (Å²) in [6, 6.07) is 11.7. The molecule has 0 spiro atoms. The highest BCUT2D eigenvalue weighted by Crippen LogP contribution is 2.26. The summed E-state index contributed by atoms with van der Waals surface area (Å²) in [5.74, 6) is 0.683. The molecule has 0 aliphatic rings. The number of nitrogens with one attached hydrogen (secondary N) is 1. The maximum atomic E-state index is 11.0. The van der Waals surface area contributed by atoms with E-state index in [4.69, 9.17) is 11.6 Å². The molecule has 9 nitrogen and oxygen atoms in total. The van der Waals surface area contributed by atoms with Crippen molar-refractivity contribution in [2.75, 3.05) is 5.32 Å². The SMILES string of the molecule is C.CC(C)(C)c1cccc(Nc2ccn3ncc(C=O)c3n2)c1.O=Cc1cnn2ccc(Cl)nc12. The summed E-state index contributed by atoms with van der Waals surface area (Å²) in [4.78, 5) is 29.8. The van der Waals surface area contributed by atoms with Gasteiger partial charge in [0, 0.05) is 18.1 Å². The number of nitrogens with zero attached hydrogens (tertiary/aromatic N) is 6. The normalized spacial score (nSPS) is 10.9. The molecule has 0 unspecified atom stereocenters. The second kappa shape index (κ2) is 10.4. The number of aromatic nitrogens is 6. The summed E-state index contributed by atoms with van der Waals surface area (Å²) in [6.45, 7) is 6.54. The Balaban J connectivity index is 0.000000223. The third-order valence-electron chi connectivity index (χ3n) is 5.01. The van der Waals surface area contributed by atoms with E-state index >= 15 is 0 Å². The zero-order chi connectivity index (χ0) is 24.3. The van der Waals surface area contributed by atoms with E-state index in [1.54, 1.807) is 23.0 Å². The van der Waals surface area contributed by atoms with Crippen LogP contribution in [0.5, 0.6) is 0 Å². The standard InChI is InChI=1S/C17H18N4O.C7H4ClN3O.CH4/c1-17(2,3)13-5-4-6-14(9-13)19-15-7-8-21-16(20-15)12(11-22)10-18-21;8-6-1-2-11-7(10-6)5(4-12)3-9-11;/h4-11H,1-3H3,(H,19,20);1-4H;1H4. The van der Waals surface area contributed by atoms with Crippen LogP contribution in [0.1, 0.15) is 54.5 Å². The van der Waals surface area contributed by atoms with Crippen LogP contribution in [0.4, 0.5) is 11.5 Å². The highest BCUT2D eigenvalue weighted by Gasteiger charge is 2.14. The summed E-state index contributed by atoms with van der Waals surface area (Å²) in [6.07, 6.45) is 7.86. The lowest BCUT2D eigenvalue weighted by Gasteiger charge is -2.20. The van der Waals surface area contributed by atoms with Gasteiger partial charge in [0.25, 0.3) is 0 Å². The molecule has 5 aromatic rings. The number of halogens is 1. The van der Waals surface area contributed by atoms with Crippen molar-refractivity contribution >= 4 is 47.0 Å². The highest BCUT2D eigenvalue weighted by atomic mass is 35.5. The van der Waals surface area contributed by atoms with Crippen molar-refractivity contribution in [3.8, 4) is 0 Å². The Kier molecular flexibility index (Phi) is 7.61. The quantitative estimate of drug-likeness (QED) is 0.264. The number of carbonyl (C=O) groups is 2. The van der Waals surface area contributed by atoms with E-state index in [0.29, 0.717) is 39.7 Å². The summed E-state index contributed by atoms with van der Waals surface area (Å²) in [7, 11) is 0. The topological polar surface area (TPSA) is 107 Å². The van der Waals surface area contributed by atoms with E-state index < -0.39 is 0 Å². The molecule has 0 saturated carbocycles. The molecule has 0 aliphatic carbocycles. The lowest BCUT2D eigenvalue weighted by molar-refractivity contribution is 0.111. The van der Waals surface area contributed by atoms with Crippen LogP contribution in [0.3, 0.4) is 0 Å². The van der Waals surface area contributed by atoms with Crippen molar-refractivity contribution in [3.05, 3.63) is 83.0 Å². The van der Waals surface area contributed by atoms with Gasteiger partial charge in [-0.2, -0.15) is 10.2 Å². The summed E-state index contributed by atoms with van der Waals surface area (Å²) >= 11 is 5.64. The minimum atomic E-state index is 0. The summed E-state index contributed by atoms with van der Waals surface area (Å²) in [5, 5.41) is 11.6. The first-order valence-electron chi connectivity index (χ1n) is 10.4. The number of benzene rings is 1. The van der Waals surface area contributed by atoms with Crippen LogP contribution in [0.25, 0.3) is 11.3 Å². The molecule has 0 fully saturated rings. The van der Waals surface area contributed by atoms with Crippen LogP contribution in [0, 0.1) is 0 Å². The van der Waals surface area contributed by atoms with Crippen LogP contribution in [-0.4, -0.2) is 41.8 Å². The first-order chi connectivity index (χ1) is 16.3. The Morgan fingerprint density at radius 1 is 0.886 bits per heavy atom. The van der Waals surface area contributed by atoms with Gasteiger partial charge in [-0.1, -0.05) is 51.9 Å². The zero-order valence-electron chi connectivity index (χ0n) is 18.8. The van der Waals surface area contributed by atoms with Crippen LogP contribution in [0.15, 0.2) is 61.2 Å². The van der Waals surface area contributed by atoms with Crippen LogP contribution in [0.2, 0.25) is 5.15 Å². The Morgan fingerprint density at radius 3 is 2.09 bits per heavy atom. The summed E-state index contributed by atoms with van der Waals surface area (Å²) in [5.41, 5.74) is 4.26. The van der Waals surface area contributed by atoms with Gasteiger partial charge < -0.3 is 5.32 Å². The second-order valence-corrected chi connectivity index (χ2v) is 8.88. The fraction of sp³-hybridized carbons (Fsp3) is 0.200. The van der Waals surface area contributed by atoms with Crippen molar-refractivity contribution in [2.24, 2.45) is 0 Å². The molecule has 4 aromatic heterocycles. The number of fused-ring (bicyclic) bond motifs is 2. The third kappa shape index (κ3) is 5.70. The molecule has 1 aromatic carbocycles. The van der Waals surface area contributed by atoms with E-state index in [0.717, 1.165) is 12.0 Å². The monoisotopic (exact) mass is 491 g/mol. The smallest absolute Gasteiger partial charge is 0.167 e. The Morgan fingerprint density at radius 2 is 1.49 bits per heavy atom. The fourth-order valence-corrected chi connectivity index (χ4v) is 3.33. The molecule has 0 aliphatic heterocycles. The highest BCUT2D eigenvalue weighted by molar-refractivity contribution is 6.29. The van der Waals surface area contributed by atoms with Crippen molar-refractivity contribution < 1.29 is 9.59 Å². The minimum absolute atomic E-state index is 0. The van der Waals surface area contributed by atoms with Crippen molar-refractivity contribution in [2.45, 2.75) is 33.6 Å². The van der Waals surface area contributed by atoms with Gasteiger partial charge >= 0.3 is 0 Å². The number of aldehydes is 2. The fourth-order valence-electron chi connectivity index (χ4n) is 3.20. The van der Waals surface area contributed by atoms with Gasteiger partial charge in [-0.05, 0) is 35.2 Å². The van der Waals surface area contributed by atoms with Crippen LogP contribution in [-0.2, 0) is 5.41 Å². The Hall–Kier alpha value is -4.11. The molecule has 0 atom stereocenters. The number of rotatable bonds is 4. The van der Waals surface area contributed by atoms with Gasteiger partial charge in [0.05, 0.1) is 23.5 Å². The molecule has 5 rings (SSSR count). The Labute approximate surface area is 207 Å². The van der Waals surface area contributed by atoms with Gasteiger partial charge in [-0.3, -0.25) is 9.59 Å². The van der Waals surface area contributed by atoms with Gasteiger partial charge in [0.2, 0.25) is 0 Å². The number of hydrogen-bond acceptors (Lipinski definition) is 7. The minimum Gasteiger partial charge on any atom is -0.340 e. The maximum Gasteiger partial charge on any atom is 0.167 e. The van der Waals surface area contributed by atoms with Crippen molar-refractivity contribution in [1.29, 1.82) is 0 Å². The van der Waals surface area contributed by atoms with Crippen molar-refractivity contribution in [3.63, 3.8) is 0 Å². The van der Waals surface area contributed by atoms with E-state index in [1.165, 1.54) is 22.5 Å². The predicted octanol–water partition coefficient (Wildman–Crippen LogP) is 5.41. The number of carbonyl (C=O) groups excluding carboxylic acids is 2. The van der Waals surface area contributed by atoms with E-state index in [9.17, 15) is 9.59 Å². The van der Waals surface area contributed by atoms with Crippen LogP contribution >= 0.6 is 11.6 Å². The molecule has 0 amide bonds. The van der Waals surface area contributed by atoms with Gasteiger partial charge in [0.15, 0.2) is 23.9 Å². The van der Waals surface area contributed by atoms with Gasteiger partial charge in [-0.15, -0.1) is 0 Å². The molecule has 0 saturated heterocycles. The molecule has 0 radical (unpaired) electrons. The lowest BCUT2D eigenvalue weighted by Crippen LogP contribution is -2.11. The predicted molar refractivity (Wildman–Crippen MR) is 137 cm³/mol. The average Bonchev–Trinajstić information content (AvgIpc) is 3.42. The molecule has 180 valence electrons. The first kappa shape index (κ1) is 25.5. The third-order valence-corrected chi connectivity index (χ3v) is 5.22. The average molecular weight is 492 g/mol. The second-order valence-electron chi connectivity index (χ2n) is 8.49.